The monoisotopic (exact) mass is 253 g/mol. The lowest BCUT2D eigenvalue weighted by atomic mass is 10.1. The Kier molecular flexibility index (Phi) is 3.72. The Morgan fingerprint density at radius 3 is 2.94 bits per heavy atom. The molecule has 2 atom stereocenters. The van der Waals surface area contributed by atoms with E-state index in [1.165, 1.54) is 12.1 Å². The number of benzene rings is 1. The number of anilines is 1. The van der Waals surface area contributed by atoms with E-state index in [0.29, 0.717) is 16.9 Å². The molecule has 2 unspecified atom stereocenters. The molecule has 17 heavy (non-hydrogen) atoms. The molecule has 0 amide bonds. The Hall–Kier alpha value is -1.03. The SMILES string of the molecule is CC1SCCN(c2ccc(F)cc2C=O)C1C. The van der Waals surface area contributed by atoms with Gasteiger partial charge in [-0.05, 0) is 25.1 Å². The number of hydrogen-bond donors (Lipinski definition) is 0. The normalized spacial score (nSPS) is 24.8. The molecule has 1 aromatic rings. The van der Waals surface area contributed by atoms with Crippen molar-refractivity contribution in [2.24, 2.45) is 0 Å². The van der Waals surface area contributed by atoms with Crippen LogP contribution in [0.5, 0.6) is 0 Å². The number of carbonyl (C=O) groups is 1. The molecule has 1 saturated heterocycles. The van der Waals surface area contributed by atoms with Crippen LogP contribution in [0.3, 0.4) is 0 Å². The number of halogens is 1. The molecular formula is C13H16FNOS. The number of rotatable bonds is 2. The molecule has 92 valence electrons. The topological polar surface area (TPSA) is 20.3 Å². The van der Waals surface area contributed by atoms with Crippen LogP contribution in [0.4, 0.5) is 10.1 Å². The van der Waals surface area contributed by atoms with Gasteiger partial charge in [-0.25, -0.2) is 4.39 Å². The van der Waals surface area contributed by atoms with Crippen LogP contribution in [0.25, 0.3) is 0 Å². The number of aldehydes is 1. The minimum absolute atomic E-state index is 0.358. The molecule has 2 nitrogen and oxygen atoms in total. The lowest BCUT2D eigenvalue weighted by Crippen LogP contribution is -2.45. The fourth-order valence-electron chi connectivity index (χ4n) is 2.15. The van der Waals surface area contributed by atoms with Gasteiger partial charge >= 0.3 is 0 Å². The maximum absolute atomic E-state index is 13.1. The van der Waals surface area contributed by atoms with Crippen molar-refractivity contribution in [1.82, 2.24) is 0 Å². The summed E-state index contributed by atoms with van der Waals surface area (Å²) in [6.07, 6.45) is 0.734. The molecule has 0 bridgehead atoms. The van der Waals surface area contributed by atoms with Gasteiger partial charge in [0.25, 0.3) is 0 Å². The van der Waals surface area contributed by atoms with Crippen LogP contribution >= 0.6 is 11.8 Å². The van der Waals surface area contributed by atoms with Gasteiger partial charge in [-0.1, -0.05) is 6.92 Å². The summed E-state index contributed by atoms with van der Waals surface area (Å²) in [6.45, 7) is 5.24. The molecule has 4 heteroatoms. The van der Waals surface area contributed by atoms with Crippen molar-refractivity contribution in [3.05, 3.63) is 29.6 Å². The highest BCUT2D eigenvalue weighted by molar-refractivity contribution is 8.00. The summed E-state index contributed by atoms with van der Waals surface area (Å²) in [5.74, 6) is 0.684. The van der Waals surface area contributed by atoms with Crippen molar-refractivity contribution in [1.29, 1.82) is 0 Å². The quantitative estimate of drug-likeness (QED) is 0.756. The minimum Gasteiger partial charge on any atom is -0.366 e. The number of carbonyl (C=O) groups excluding carboxylic acids is 1. The first-order valence-electron chi connectivity index (χ1n) is 5.76. The molecular weight excluding hydrogens is 237 g/mol. The number of hydrogen-bond acceptors (Lipinski definition) is 3. The highest BCUT2D eigenvalue weighted by Crippen LogP contribution is 2.30. The molecule has 1 aliphatic rings. The lowest BCUT2D eigenvalue weighted by molar-refractivity contribution is 0.112. The highest BCUT2D eigenvalue weighted by Gasteiger charge is 2.26. The third kappa shape index (κ3) is 2.46. The summed E-state index contributed by atoms with van der Waals surface area (Å²) in [4.78, 5) is 13.2. The second-order valence-corrected chi connectivity index (χ2v) is 5.82. The van der Waals surface area contributed by atoms with E-state index >= 15 is 0 Å². The van der Waals surface area contributed by atoms with Gasteiger partial charge in [-0.3, -0.25) is 4.79 Å². The summed E-state index contributed by atoms with van der Waals surface area (Å²) < 4.78 is 13.1. The maximum Gasteiger partial charge on any atom is 0.152 e. The zero-order chi connectivity index (χ0) is 12.4. The molecule has 1 aliphatic heterocycles. The fourth-order valence-corrected chi connectivity index (χ4v) is 3.25. The van der Waals surface area contributed by atoms with Crippen molar-refractivity contribution >= 4 is 23.7 Å². The molecule has 0 radical (unpaired) electrons. The molecule has 0 aromatic heterocycles. The first-order valence-corrected chi connectivity index (χ1v) is 6.81. The predicted molar refractivity (Wildman–Crippen MR) is 70.5 cm³/mol. The van der Waals surface area contributed by atoms with Crippen molar-refractivity contribution in [3.8, 4) is 0 Å². The van der Waals surface area contributed by atoms with Crippen LogP contribution < -0.4 is 4.90 Å². The average Bonchev–Trinajstić information content (AvgIpc) is 2.33. The van der Waals surface area contributed by atoms with Crippen molar-refractivity contribution < 1.29 is 9.18 Å². The van der Waals surface area contributed by atoms with Crippen LogP contribution in [0.15, 0.2) is 18.2 Å². The van der Waals surface area contributed by atoms with Gasteiger partial charge in [-0.15, -0.1) is 0 Å². The number of thioether (sulfide) groups is 1. The van der Waals surface area contributed by atoms with E-state index in [0.717, 1.165) is 24.3 Å². The zero-order valence-electron chi connectivity index (χ0n) is 10.0. The second-order valence-electron chi connectivity index (χ2n) is 4.33. The van der Waals surface area contributed by atoms with Gasteiger partial charge in [0.05, 0.1) is 0 Å². The standard InChI is InChI=1S/C13H16FNOS/c1-9-10(2)17-6-5-15(9)13-4-3-12(14)7-11(13)8-16/h3-4,7-10H,5-6H2,1-2H3. The molecule has 1 aromatic carbocycles. The van der Waals surface area contributed by atoms with E-state index in [2.05, 4.69) is 18.7 Å². The Bertz CT molecular complexity index is 424. The first-order chi connectivity index (χ1) is 8.13. The summed E-state index contributed by atoms with van der Waals surface area (Å²) in [5.41, 5.74) is 1.29. The van der Waals surface area contributed by atoms with E-state index in [1.807, 2.05) is 11.8 Å². The predicted octanol–water partition coefficient (Wildman–Crippen LogP) is 2.97. The van der Waals surface area contributed by atoms with Gasteiger partial charge in [0.15, 0.2) is 6.29 Å². The zero-order valence-corrected chi connectivity index (χ0v) is 10.8. The lowest BCUT2D eigenvalue weighted by Gasteiger charge is -2.39. The van der Waals surface area contributed by atoms with E-state index < -0.39 is 0 Å². The molecule has 0 N–H and O–H groups in total. The second kappa shape index (κ2) is 5.08. The third-order valence-electron chi connectivity index (χ3n) is 3.31. The average molecular weight is 253 g/mol. The Labute approximate surface area is 105 Å². The van der Waals surface area contributed by atoms with Crippen LogP contribution in [-0.2, 0) is 0 Å². The first kappa shape index (κ1) is 12.4. The highest BCUT2D eigenvalue weighted by atomic mass is 32.2. The van der Waals surface area contributed by atoms with E-state index in [9.17, 15) is 9.18 Å². The van der Waals surface area contributed by atoms with Gasteiger partial charge in [0, 0.05) is 34.8 Å². The summed E-state index contributed by atoms with van der Waals surface area (Å²) in [5, 5.41) is 0.522. The maximum atomic E-state index is 13.1. The van der Waals surface area contributed by atoms with Crippen LogP contribution in [0.2, 0.25) is 0 Å². The summed E-state index contributed by atoms with van der Waals surface area (Å²) in [7, 11) is 0. The fraction of sp³-hybridized carbons (Fsp3) is 0.462. The van der Waals surface area contributed by atoms with Gasteiger partial charge in [0.1, 0.15) is 5.82 Å². The van der Waals surface area contributed by atoms with E-state index in [1.54, 1.807) is 6.07 Å². The molecule has 2 rings (SSSR count). The van der Waals surface area contributed by atoms with Crippen LogP contribution in [0.1, 0.15) is 24.2 Å². The molecule has 1 fully saturated rings. The molecule has 1 heterocycles. The number of nitrogens with zero attached hydrogens (tertiary/aromatic N) is 1. The van der Waals surface area contributed by atoms with Crippen LogP contribution in [0, 0.1) is 5.82 Å². The molecule has 0 aliphatic carbocycles. The summed E-state index contributed by atoms with van der Waals surface area (Å²) >= 11 is 1.94. The van der Waals surface area contributed by atoms with Gasteiger partial charge in [-0.2, -0.15) is 11.8 Å². The third-order valence-corrected chi connectivity index (χ3v) is 4.65. The van der Waals surface area contributed by atoms with E-state index in [-0.39, 0.29) is 5.82 Å². The summed E-state index contributed by atoms with van der Waals surface area (Å²) in [6, 6.07) is 4.79. The largest absolute Gasteiger partial charge is 0.366 e. The van der Waals surface area contributed by atoms with Crippen molar-refractivity contribution in [2.45, 2.75) is 25.1 Å². The van der Waals surface area contributed by atoms with E-state index in [4.69, 9.17) is 0 Å². The van der Waals surface area contributed by atoms with Crippen LogP contribution in [-0.4, -0.2) is 29.9 Å². The minimum atomic E-state index is -0.358. The van der Waals surface area contributed by atoms with Crippen molar-refractivity contribution in [2.75, 3.05) is 17.2 Å². The Morgan fingerprint density at radius 1 is 1.47 bits per heavy atom. The van der Waals surface area contributed by atoms with Gasteiger partial charge in [0.2, 0.25) is 0 Å². The smallest absolute Gasteiger partial charge is 0.152 e. The molecule has 0 spiro atoms. The van der Waals surface area contributed by atoms with Gasteiger partial charge < -0.3 is 4.90 Å². The molecule has 0 saturated carbocycles. The Balaban J connectivity index is 2.35. The Morgan fingerprint density at radius 2 is 2.24 bits per heavy atom. The van der Waals surface area contributed by atoms with Crippen molar-refractivity contribution in [3.63, 3.8) is 0 Å².